The van der Waals surface area contributed by atoms with Gasteiger partial charge < -0.3 is 14.8 Å². The molecule has 1 atom stereocenters. The predicted molar refractivity (Wildman–Crippen MR) is 111 cm³/mol. The Kier molecular flexibility index (Phi) is 5.87. The Morgan fingerprint density at radius 2 is 1.83 bits per heavy atom. The minimum Gasteiger partial charge on any atom is -0.497 e. The maximum Gasteiger partial charge on any atom is 0.313 e. The number of nitrogens with zero attached hydrogens (tertiary/aromatic N) is 2. The van der Waals surface area contributed by atoms with Gasteiger partial charge in [-0.2, -0.15) is 5.10 Å². The van der Waals surface area contributed by atoms with Crippen LogP contribution in [0.1, 0.15) is 29.8 Å². The molecule has 152 valence electrons. The molecular formula is C22H25N3O4. The molecule has 0 saturated carbocycles. The first-order valence-corrected chi connectivity index (χ1v) is 9.34. The van der Waals surface area contributed by atoms with Crippen LogP contribution in [0.3, 0.4) is 0 Å². The molecule has 1 heterocycles. The van der Waals surface area contributed by atoms with Crippen LogP contribution in [-0.2, 0) is 21.4 Å². The van der Waals surface area contributed by atoms with Crippen molar-refractivity contribution >= 4 is 28.3 Å². The monoisotopic (exact) mass is 395 g/mol. The lowest BCUT2D eigenvalue weighted by atomic mass is 9.98. The molecule has 29 heavy (non-hydrogen) atoms. The Hall–Kier alpha value is -3.35. The Balaban J connectivity index is 1.62. The standard InChI is InChI=1S/C22H25N3O4/c1-13(16-6-7-18-11-19(28-5)9-8-17(18)10-16)22(27)29-12-20(26)23-21-14(2)24-25(4)15(21)3/h6-11,13H,12H2,1-5H3,(H,23,26)/t13-/m0/s1. The van der Waals surface area contributed by atoms with Crippen LogP contribution in [0, 0.1) is 13.8 Å². The van der Waals surface area contributed by atoms with Crippen molar-refractivity contribution < 1.29 is 19.1 Å². The van der Waals surface area contributed by atoms with E-state index in [2.05, 4.69) is 10.4 Å². The van der Waals surface area contributed by atoms with E-state index in [9.17, 15) is 9.59 Å². The maximum atomic E-state index is 12.4. The maximum absolute atomic E-state index is 12.4. The zero-order valence-corrected chi connectivity index (χ0v) is 17.3. The molecule has 7 nitrogen and oxygen atoms in total. The Morgan fingerprint density at radius 1 is 1.14 bits per heavy atom. The van der Waals surface area contributed by atoms with Crippen molar-refractivity contribution in [2.24, 2.45) is 7.05 Å². The molecule has 0 aliphatic heterocycles. The van der Waals surface area contributed by atoms with Gasteiger partial charge in [-0.25, -0.2) is 0 Å². The number of esters is 1. The van der Waals surface area contributed by atoms with Gasteiger partial charge in [0.1, 0.15) is 5.75 Å². The molecule has 0 bridgehead atoms. The lowest BCUT2D eigenvalue weighted by Crippen LogP contribution is -2.23. The number of aryl methyl sites for hydroxylation is 2. The first-order chi connectivity index (χ1) is 13.8. The number of benzene rings is 2. The summed E-state index contributed by atoms with van der Waals surface area (Å²) >= 11 is 0. The summed E-state index contributed by atoms with van der Waals surface area (Å²) in [6.07, 6.45) is 0. The van der Waals surface area contributed by atoms with Gasteiger partial charge in [0.2, 0.25) is 0 Å². The number of hydrogen-bond donors (Lipinski definition) is 1. The highest BCUT2D eigenvalue weighted by Crippen LogP contribution is 2.26. The number of fused-ring (bicyclic) bond motifs is 1. The van der Waals surface area contributed by atoms with E-state index in [4.69, 9.17) is 9.47 Å². The van der Waals surface area contributed by atoms with E-state index in [0.717, 1.165) is 27.8 Å². The van der Waals surface area contributed by atoms with Gasteiger partial charge in [0.25, 0.3) is 5.91 Å². The van der Waals surface area contributed by atoms with Crippen LogP contribution >= 0.6 is 0 Å². The molecule has 0 fully saturated rings. The van der Waals surface area contributed by atoms with Gasteiger partial charge in [0, 0.05) is 7.05 Å². The van der Waals surface area contributed by atoms with Gasteiger partial charge in [0.15, 0.2) is 6.61 Å². The highest BCUT2D eigenvalue weighted by atomic mass is 16.5. The number of hydrogen-bond acceptors (Lipinski definition) is 5. The third kappa shape index (κ3) is 4.39. The van der Waals surface area contributed by atoms with Crippen molar-refractivity contribution in [2.75, 3.05) is 19.0 Å². The smallest absolute Gasteiger partial charge is 0.313 e. The minimum absolute atomic E-state index is 0.346. The highest BCUT2D eigenvalue weighted by molar-refractivity contribution is 5.94. The number of amides is 1. The molecule has 0 saturated heterocycles. The largest absolute Gasteiger partial charge is 0.497 e. The van der Waals surface area contributed by atoms with E-state index in [0.29, 0.717) is 11.4 Å². The number of aromatic nitrogens is 2. The average molecular weight is 395 g/mol. The molecular weight excluding hydrogens is 370 g/mol. The molecule has 0 radical (unpaired) electrons. The van der Waals surface area contributed by atoms with Gasteiger partial charge in [-0.3, -0.25) is 14.3 Å². The van der Waals surface area contributed by atoms with Crippen LogP contribution in [0.4, 0.5) is 5.69 Å². The van der Waals surface area contributed by atoms with Crippen LogP contribution in [0.15, 0.2) is 36.4 Å². The quantitative estimate of drug-likeness (QED) is 0.646. The van der Waals surface area contributed by atoms with Crippen molar-refractivity contribution in [1.29, 1.82) is 0 Å². The van der Waals surface area contributed by atoms with Crippen LogP contribution < -0.4 is 10.1 Å². The van der Waals surface area contributed by atoms with E-state index in [-0.39, 0.29) is 6.61 Å². The van der Waals surface area contributed by atoms with E-state index in [1.807, 2.05) is 50.2 Å². The lowest BCUT2D eigenvalue weighted by molar-refractivity contribution is -0.148. The molecule has 0 aliphatic carbocycles. The number of carbonyl (C=O) groups is 2. The van der Waals surface area contributed by atoms with Crippen LogP contribution in [0.5, 0.6) is 5.75 Å². The molecule has 2 aromatic carbocycles. The van der Waals surface area contributed by atoms with Crippen molar-refractivity contribution in [3.05, 3.63) is 53.3 Å². The van der Waals surface area contributed by atoms with Crippen molar-refractivity contribution in [3.8, 4) is 5.75 Å². The van der Waals surface area contributed by atoms with Gasteiger partial charge in [-0.05, 0) is 49.2 Å². The molecule has 0 spiro atoms. The number of nitrogens with one attached hydrogen (secondary N) is 1. The van der Waals surface area contributed by atoms with E-state index >= 15 is 0 Å². The van der Waals surface area contributed by atoms with Crippen LogP contribution in [-0.4, -0.2) is 35.4 Å². The number of methoxy groups -OCH3 is 1. The Labute approximate surface area is 169 Å². The summed E-state index contributed by atoms with van der Waals surface area (Å²) in [6, 6.07) is 11.5. The first kappa shape index (κ1) is 20.4. The second-order valence-electron chi connectivity index (χ2n) is 7.02. The second-order valence-corrected chi connectivity index (χ2v) is 7.02. The number of ether oxygens (including phenoxy) is 2. The first-order valence-electron chi connectivity index (χ1n) is 9.34. The normalized spacial score (nSPS) is 11.9. The lowest BCUT2D eigenvalue weighted by Gasteiger charge is -2.13. The zero-order valence-electron chi connectivity index (χ0n) is 17.3. The average Bonchev–Trinajstić information content (AvgIpc) is 2.96. The van der Waals surface area contributed by atoms with Crippen molar-refractivity contribution in [2.45, 2.75) is 26.7 Å². The number of anilines is 1. The zero-order chi connectivity index (χ0) is 21.1. The topological polar surface area (TPSA) is 82.4 Å². The van der Waals surface area contributed by atoms with Crippen LogP contribution in [0.2, 0.25) is 0 Å². The van der Waals surface area contributed by atoms with Gasteiger partial charge in [-0.15, -0.1) is 0 Å². The van der Waals surface area contributed by atoms with E-state index in [1.165, 1.54) is 0 Å². The highest BCUT2D eigenvalue weighted by Gasteiger charge is 2.19. The molecule has 3 aromatic rings. The number of carbonyl (C=O) groups excluding carboxylic acids is 2. The molecule has 1 amide bonds. The summed E-state index contributed by atoms with van der Waals surface area (Å²) < 4.78 is 12.2. The molecule has 1 N–H and O–H groups in total. The fraction of sp³-hybridized carbons (Fsp3) is 0.318. The van der Waals surface area contributed by atoms with Gasteiger partial charge in [-0.1, -0.05) is 24.3 Å². The van der Waals surface area contributed by atoms with Crippen molar-refractivity contribution in [3.63, 3.8) is 0 Å². The molecule has 1 aromatic heterocycles. The number of rotatable bonds is 6. The minimum atomic E-state index is -0.490. The van der Waals surface area contributed by atoms with Crippen molar-refractivity contribution in [1.82, 2.24) is 9.78 Å². The Morgan fingerprint density at radius 3 is 2.48 bits per heavy atom. The Bertz CT molecular complexity index is 1070. The molecule has 3 rings (SSSR count). The molecule has 7 heteroatoms. The van der Waals surface area contributed by atoms with Crippen LogP contribution in [0.25, 0.3) is 10.8 Å². The summed E-state index contributed by atoms with van der Waals surface area (Å²) in [7, 11) is 3.43. The predicted octanol–water partition coefficient (Wildman–Crippen LogP) is 3.48. The summed E-state index contributed by atoms with van der Waals surface area (Å²) in [5, 5.41) is 9.03. The fourth-order valence-corrected chi connectivity index (χ4v) is 3.17. The summed E-state index contributed by atoms with van der Waals surface area (Å²) in [6.45, 7) is 5.09. The summed E-state index contributed by atoms with van der Waals surface area (Å²) in [5.41, 5.74) is 3.02. The SMILES string of the molecule is COc1ccc2cc([C@H](C)C(=O)OCC(=O)Nc3c(C)nn(C)c3C)ccc2c1. The molecule has 0 aliphatic rings. The molecule has 0 unspecified atom stereocenters. The third-order valence-electron chi connectivity index (χ3n) is 5.04. The second kappa shape index (κ2) is 8.34. The summed E-state index contributed by atoms with van der Waals surface area (Å²) in [4.78, 5) is 24.6. The third-order valence-corrected chi connectivity index (χ3v) is 5.04. The van der Waals surface area contributed by atoms with Gasteiger partial charge in [0.05, 0.1) is 30.1 Å². The summed E-state index contributed by atoms with van der Waals surface area (Å²) in [5.74, 6) is -0.554. The van der Waals surface area contributed by atoms with E-state index < -0.39 is 17.8 Å². The van der Waals surface area contributed by atoms with E-state index in [1.54, 1.807) is 25.8 Å². The van der Waals surface area contributed by atoms with Gasteiger partial charge >= 0.3 is 5.97 Å². The fourth-order valence-electron chi connectivity index (χ4n) is 3.17.